The van der Waals surface area contributed by atoms with Crippen molar-refractivity contribution in [2.24, 2.45) is 0 Å². The third-order valence-electron chi connectivity index (χ3n) is 17.2. The molecule has 0 saturated carbocycles. The van der Waals surface area contributed by atoms with Crippen LogP contribution in [-0.4, -0.2) is 131 Å². The molecule has 94 heavy (non-hydrogen) atoms. The van der Waals surface area contributed by atoms with Crippen LogP contribution in [0.2, 0.25) is 0 Å². The molecule has 0 radical (unpaired) electrons. The first-order valence-electron chi connectivity index (χ1n) is 35.8. The first kappa shape index (κ1) is 84.8. The molecule has 0 bridgehead atoms. The lowest BCUT2D eigenvalue weighted by molar-refractivity contribution is 0.0820. The van der Waals surface area contributed by atoms with E-state index in [1.807, 2.05) is 133 Å². The smallest absolute Gasteiger partial charge is 0.253 e. The van der Waals surface area contributed by atoms with Gasteiger partial charge in [-0.1, -0.05) is 253 Å². The third-order valence-corrected chi connectivity index (χ3v) is 17.2. The average Bonchev–Trinajstić information content (AvgIpc) is 0.785. The van der Waals surface area contributed by atoms with Gasteiger partial charge >= 0.3 is 0 Å². The molecule has 9 nitrogen and oxygen atoms in total. The van der Waals surface area contributed by atoms with Crippen molar-refractivity contribution in [3.8, 4) is 0 Å². The summed E-state index contributed by atoms with van der Waals surface area (Å²) in [4.78, 5) is 46.5. The second kappa shape index (κ2) is 45.3. The first-order valence-corrected chi connectivity index (χ1v) is 35.8. The van der Waals surface area contributed by atoms with Gasteiger partial charge in [-0.2, -0.15) is 0 Å². The lowest BCUT2D eigenvalue weighted by atomic mass is 9.67. The summed E-state index contributed by atoms with van der Waals surface area (Å²) in [6.07, 6.45) is 6.52. The molecule has 3 aliphatic rings. The van der Waals surface area contributed by atoms with Gasteiger partial charge in [0.05, 0.1) is 0 Å². The van der Waals surface area contributed by atoms with Crippen LogP contribution in [0.4, 0.5) is 0 Å². The molecule has 0 spiro atoms. The van der Waals surface area contributed by atoms with E-state index >= 15 is 0 Å². The van der Waals surface area contributed by atoms with Crippen LogP contribution in [0.25, 0.3) is 0 Å². The molecule has 0 aliphatic carbocycles. The predicted molar refractivity (Wildman–Crippen MR) is 408 cm³/mol. The maximum absolute atomic E-state index is 12.4. The summed E-state index contributed by atoms with van der Waals surface area (Å²) in [7, 11) is 13.0. The summed E-state index contributed by atoms with van der Waals surface area (Å²) < 4.78 is 0. The van der Waals surface area contributed by atoms with Gasteiger partial charge in [0.1, 0.15) is 0 Å². The minimum absolute atomic E-state index is 0.0150. The molecule has 3 heterocycles. The van der Waals surface area contributed by atoms with E-state index in [0.717, 1.165) is 101 Å². The Morgan fingerprint density at radius 1 is 0.351 bits per heavy atom. The molecule has 0 unspecified atom stereocenters. The van der Waals surface area contributed by atoms with Gasteiger partial charge < -0.3 is 24.9 Å². The molecule has 7 aromatic carbocycles. The van der Waals surface area contributed by atoms with Crippen molar-refractivity contribution in [3.05, 3.63) is 248 Å². The molecule has 7 aromatic rings. The number of hydrogen-bond donors (Lipinski definition) is 1. The molecule has 0 atom stereocenters. The number of likely N-dealkylation sites (tertiary alicyclic amines) is 2. The number of benzene rings is 7. The third kappa shape index (κ3) is 23.6. The monoisotopic (exact) mass is 1280 g/mol. The second-order valence-electron chi connectivity index (χ2n) is 23.5. The number of hydrogen-bond acceptors (Lipinski definition) is 6. The van der Waals surface area contributed by atoms with Crippen LogP contribution in [0, 0.1) is 20.8 Å². The number of nitrogens with zero attached hydrogens (tertiary/aromatic N) is 5. The normalized spacial score (nSPS) is 14.6. The fourth-order valence-corrected chi connectivity index (χ4v) is 12.4. The SMILES string of the molecule is CC.CC.CC.CC.CC.CC.CC.Cc1cccc(C2(c3ccc(C(=O)N(C)C)cc3)CCN(C)CC2)c1.Cc1cccc(C2(c3ccc(C(=O)N(C)C)cc3)CCN(Cc3ccccc3)CC2)c1.Cc1cccc(C2(c3ccc(C(=O)N(C)C)cc3)CCNCC2)c1. The minimum Gasteiger partial charge on any atom is -0.345 e. The Balaban J connectivity index is 0.000000648. The van der Waals surface area contributed by atoms with E-state index in [4.69, 9.17) is 0 Å². The summed E-state index contributed by atoms with van der Waals surface area (Å²) in [6.45, 7) is 41.8. The topological polar surface area (TPSA) is 79.4 Å². The van der Waals surface area contributed by atoms with E-state index in [2.05, 4.69) is 182 Å². The largest absolute Gasteiger partial charge is 0.345 e. The van der Waals surface area contributed by atoms with E-state index in [9.17, 15) is 14.4 Å². The van der Waals surface area contributed by atoms with Gasteiger partial charge in [0.2, 0.25) is 0 Å². The number of piperidine rings is 3. The maximum atomic E-state index is 12.4. The molecule has 9 heteroatoms. The Bertz CT molecular complexity index is 3150. The van der Waals surface area contributed by atoms with E-state index in [-0.39, 0.29) is 34.0 Å². The number of carbonyl (C=O) groups excluding carboxylic acids is 3. The van der Waals surface area contributed by atoms with E-state index in [1.165, 1.54) is 55.6 Å². The van der Waals surface area contributed by atoms with Crippen LogP contribution in [0.5, 0.6) is 0 Å². The zero-order chi connectivity index (χ0) is 71.0. The van der Waals surface area contributed by atoms with E-state index < -0.39 is 0 Å². The molecular weight excluding hydrogens is 1150 g/mol. The number of amides is 3. The highest BCUT2D eigenvalue weighted by molar-refractivity contribution is 5.95. The first-order chi connectivity index (χ1) is 45.4. The van der Waals surface area contributed by atoms with Crippen LogP contribution >= 0.6 is 0 Å². The highest BCUT2D eigenvalue weighted by Crippen LogP contribution is 2.44. The van der Waals surface area contributed by atoms with Crippen molar-refractivity contribution in [1.29, 1.82) is 0 Å². The average molecular weight is 1280 g/mol. The Morgan fingerprint density at radius 2 is 0.628 bits per heavy atom. The minimum atomic E-state index is -0.0150. The van der Waals surface area contributed by atoms with E-state index in [0.29, 0.717) is 0 Å². The number of carbonyl (C=O) groups is 3. The molecule has 516 valence electrons. The van der Waals surface area contributed by atoms with Crippen molar-refractivity contribution in [3.63, 3.8) is 0 Å². The van der Waals surface area contributed by atoms with Gasteiger partial charge in [0.15, 0.2) is 0 Å². The predicted octanol–water partition coefficient (Wildman–Crippen LogP) is 19.5. The lowest BCUT2D eigenvalue weighted by Crippen LogP contribution is -2.43. The van der Waals surface area contributed by atoms with Crippen LogP contribution < -0.4 is 5.32 Å². The Hall–Kier alpha value is -7.17. The summed E-state index contributed by atoms with van der Waals surface area (Å²) in [5.74, 6) is 0.157. The van der Waals surface area contributed by atoms with Gasteiger partial charge in [-0.15, -0.1) is 0 Å². The van der Waals surface area contributed by atoms with Gasteiger partial charge in [-0.25, -0.2) is 0 Å². The fourth-order valence-electron chi connectivity index (χ4n) is 12.4. The number of aryl methyl sites for hydroxylation is 3. The lowest BCUT2D eigenvalue weighted by Gasteiger charge is -2.43. The van der Waals surface area contributed by atoms with Crippen LogP contribution in [0.1, 0.15) is 222 Å². The standard InChI is InChI=1S/C28H32N2O.C22H28N2O.C21H26N2O.7C2H6/c1-22-8-7-11-26(20-22)28(25-14-12-24(13-15-25)27(31)29(2)3)16-18-30(19-17-28)21-23-9-5-4-6-10-23;1-17-6-5-7-20(16-17)22(12-14-24(4)15-13-22)19-10-8-18(9-11-19)21(25)23(2)3;1-16-5-4-6-19(15-16)21(11-13-22-14-12-21)18-9-7-17(8-10-18)20(24)23(2)3;7*1-2/h4-15,20H,16-19,21H2,1-3H3;5-11,16H,12-15H2,1-4H3;4-10,15,22H,11-14H2,1-3H3;7*1-2H3. The van der Waals surface area contributed by atoms with Crippen molar-refractivity contribution in [2.45, 2.75) is 179 Å². The van der Waals surface area contributed by atoms with Gasteiger partial charge in [0, 0.05) is 81.8 Å². The number of rotatable bonds is 11. The maximum Gasteiger partial charge on any atom is 0.253 e. The molecular formula is C85H128N6O3. The highest BCUT2D eigenvalue weighted by atomic mass is 16.2. The van der Waals surface area contributed by atoms with Crippen LogP contribution in [0.15, 0.2) is 176 Å². The molecule has 3 saturated heterocycles. The van der Waals surface area contributed by atoms with E-state index in [1.54, 1.807) is 57.0 Å². The molecule has 3 fully saturated rings. The highest BCUT2D eigenvalue weighted by Gasteiger charge is 2.40. The molecule has 10 rings (SSSR count). The molecule has 1 N–H and O–H groups in total. The Kier molecular flexibility index (Phi) is 40.8. The van der Waals surface area contributed by atoms with Crippen molar-refractivity contribution in [1.82, 2.24) is 29.8 Å². The molecule has 3 amide bonds. The van der Waals surface area contributed by atoms with Gasteiger partial charge in [-0.05, 0) is 181 Å². The number of nitrogens with one attached hydrogen (secondary N) is 1. The zero-order valence-corrected chi connectivity index (χ0v) is 63.4. The Labute approximate surface area is 574 Å². The summed E-state index contributed by atoms with van der Waals surface area (Å²) in [6, 6.07) is 62.3. The van der Waals surface area contributed by atoms with Crippen molar-refractivity contribution < 1.29 is 14.4 Å². The molecule has 0 aromatic heterocycles. The van der Waals surface area contributed by atoms with Crippen LogP contribution in [0.3, 0.4) is 0 Å². The van der Waals surface area contributed by atoms with Crippen molar-refractivity contribution >= 4 is 17.7 Å². The Morgan fingerprint density at radius 3 is 0.904 bits per heavy atom. The van der Waals surface area contributed by atoms with Gasteiger partial charge in [-0.3, -0.25) is 19.3 Å². The summed E-state index contributed by atoms with van der Waals surface area (Å²) in [5, 5.41) is 3.48. The summed E-state index contributed by atoms with van der Waals surface area (Å²) in [5.41, 5.74) is 15.7. The zero-order valence-electron chi connectivity index (χ0n) is 63.4. The quantitative estimate of drug-likeness (QED) is 0.139. The molecule has 3 aliphatic heterocycles. The second-order valence-corrected chi connectivity index (χ2v) is 23.5. The fraction of sp³-hybridized carbons (Fsp3) is 0.471. The van der Waals surface area contributed by atoms with Gasteiger partial charge in [0.25, 0.3) is 17.7 Å². The van der Waals surface area contributed by atoms with Crippen molar-refractivity contribution in [2.75, 3.05) is 88.6 Å². The summed E-state index contributed by atoms with van der Waals surface area (Å²) >= 11 is 0. The van der Waals surface area contributed by atoms with Crippen LogP contribution in [-0.2, 0) is 22.8 Å².